The number of hydrogen-bond donors (Lipinski definition) is 2. The first kappa shape index (κ1) is 28.6. The number of nitrogens with one attached hydrogen (secondary N) is 2. The smallest absolute Gasteiger partial charge is 0.271 e. The van der Waals surface area contributed by atoms with Crippen molar-refractivity contribution in [1.82, 2.24) is 20.1 Å². The Morgan fingerprint density at radius 1 is 0.923 bits per heavy atom. The standard InChI is InChI=1S/C32H41FN4O2/c1-3-36(4-2)22-11-23-37(32(39)29-21-20-28(35-29)24-12-7-5-8-13-24)30(25-16-18-26(33)19-17-25)31(38)34-27-14-9-6-10-15-27/h5,7-8,12-13,16-21,27,30,35H,3-4,6,9-11,14-15,22-23H2,1-2H3,(H,34,38)/t30-/m0/s1. The van der Waals surface area contributed by atoms with E-state index in [-0.39, 0.29) is 23.7 Å². The number of aromatic nitrogens is 1. The third-order valence-corrected chi connectivity index (χ3v) is 7.73. The van der Waals surface area contributed by atoms with Gasteiger partial charge in [0.25, 0.3) is 5.91 Å². The second-order valence-corrected chi connectivity index (χ2v) is 10.3. The van der Waals surface area contributed by atoms with E-state index in [9.17, 15) is 14.0 Å². The number of halogens is 1. The van der Waals surface area contributed by atoms with Crippen LogP contribution in [0.25, 0.3) is 11.3 Å². The minimum Gasteiger partial charge on any atom is -0.351 e. The number of aromatic amines is 1. The van der Waals surface area contributed by atoms with Crippen molar-refractivity contribution in [3.8, 4) is 11.3 Å². The summed E-state index contributed by atoms with van der Waals surface area (Å²) in [5.41, 5.74) is 2.85. The van der Waals surface area contributed by atoms with Crippen molar-refractivity contribution in [3.05, 3.63) is 83.8 Å². The Hall–Kier alpha value is -3.45. The van der Waals surface area contributed by atoms with Gasteiger partial charge in [-0.25, -0.2) is 4.39 Å². The summed E-state index contributed by atoms with van der Waals surface area (Å²) in [6, 6.07) is 18.7. The second-order valence-electron chi connectivity index (χ2n) is 10.3. The molecule has 1 aliphatic carbocycles. The van der Waals surface area contributed by atoms with Crippen LogP contribution < -0.4 is 5.32 Å². The lowest BCUT2D eigenvalue weighted by Gasteiger charge is -2.33. The minimum absolute atomic E-state index is 0.0944. The fourth-order valence-electron chi connectivity index (χ4n) is 5.46. The molecule has 7 heteroatoms. The monoisotopic (exact) mass is 532 g/mol. The molecule has 1 aliphatic rings. The summed E-state index contributed by atoms with van der Waals surface area (Å²) in [5, 5.41) is 3.22. The molecule has 39 heavy (non-hydrogen) atoms. The second kappa shape index (κ2) is 14.1. The first-order chi connectivity index (χ1) is 19.0. The van der Waals surface area contributed by atoms with Gasteiger partial charge in [0.05, 0.1) is 0 Å². The molecular formula is C32H41FN4O2. The first-order valence-corrected chi connectivity index (χ1v) is 14.3. The summed E-state index contributed by atoms with van der Waals surface area (Å²) < 4.78 is 13.9. The van der Waals surface area contributed by atoms with Crippen molar-refractivity contribution in [2.75, 3.05) is 26.2 Å². The minimum atomic E-state index is -0.861. The number of benzene rings is 2. The van der Waals surface area contributed by atoms with Crippen LogP contribution in [0.1, 0.15) is 74.5 Å². The summed E-state index contributed by atoms with van der Waals surface area (Å²) in [7, 11) is 0. The van der Waals surface area contributed by atoms with E-state index in [0.29, 0.717) is 24.2 Å². The molecule has 6 nitrogen and oxygen atoms in total. The van der Waals surface area contributed by atoms with E-state index in [1.165, 1.54) is 18.6 Å². The third-order valence-electron chi connectivity index (χ3n) is 7.73. The summed E-state index contributed by atoms with van der Waals surface area (Å²) in [6.45, 7) is 7.30. The van der Waals surface area contributed by atoms with E-state index in [0.717, 1.165) is 56.6 Å². The van der Waals surface area contributed by atoms with E-state index >= 15 is 0 Å². The van der Waals surface area contributed by atoms with Gasteiger partial charge in [0.1, 0.15) is 17.6 Å². The maximum absolute atomic E-state index is 14.1. The maximum Gasteiger partial charge on any atom is 0.271 e. The summed E-state index contributed by atoms with van der Waals surface area (Å²) in [6.07, 6.45) is 5.95. The van der Waals surface area contributed by atoms with Crippen molar-refractivity contribution in [2.24, 2.45) is 0 Å². The summed E-state index contributed by atoms with van der Waals surface area (Å²) in [4.78, 5) is 35.2. The van der Waals surface area contributed by atoms with Gasteiger partial charge in [0, 0.05) is 18.3 Å². The zero-order valence-corrected chi connectivity index (χ0v) is 23.2. The normalized spacial score (nSPS) is 14.8. The SMILES string of the molecule is CCN(CC)CCCN(C(=O)c1ccc(-c2ccccc2)[nH]1)[C@H](C(=O)NC1CCCCC1)c1ccc(F)cc1. The van der Waals surface area contributed by atoms with Crippen molar-refractivity contribution >= 4 is 11.8 Å². The average molecular weight is 533 g/mol. The van der Waals surface area contributed by atoms with Crippen molar-refractivity contribution < 1.29 is 14.0 Å². The number of rotatable bonds is 12. The Labute approximate surface area is 231 Å². The van der Waals surface area contributed by atoms with E-state index < -0.39 is 6.04 Å². The highest BCUT2D eigenvalue weighted by atomic mass is 19.1. The highest BCUT2D eigenvalue weighted by molar-refractivity contribution is 5.97. The van der Waals surface area contributed by atoms with Gasteiger partial charge >= 0.3 is 0 Å². The predicted octanol–water partition coefficient (Wildman–Crippen LogP) is 6.19. The number of carbonyl (C=O) groups is 2. The van der Waals surface area contributed by atoms with Gasteiger partial charge in [-0.05, 0) is 74.3 Å². The molecule has 1 saturated carbocycles. The molecule has 3 aromatic rings. The van der Waals surface area contributed by atoms with Gasteiger partial charge in [-0.1, -0.05) is 75.6 Å². The van der Waals surface area contributed by atoms with Crippen LogP contribution in [0, 0.1) is 5.82 Å². The quantitative estimate of drug-likeness (QED) is 0.292. The van der Waals surface area contributed by atoms with Crippen LogP contribution in [0.4, 0.5) is 4.39 Å². The number of amides is 2. The van der Waals surface area contributed by atoms with Crippen LogP contribution in [0.5, 0.6) is 0 Å². The molecule has 1 aromatic heterocycles. The highest BCUT2D eigenvalue weighted by Gasteiger charge is 2.34. The molecule has 0 saturated heterocycles. The molecule has 1 heterocycles. The van der Waals surface area contributed by atoms with E-state index in [1.54, 1.807) is 23.1 Å². The van der Waals surface area contributed by atoms with Crippen LogP contribution in [0.2, 0.25) is 0 Å². The van der Waals surface area contributed by atoms with Gasteiger partial charge < -0.3 is 20.1 Å². The molecule has 2 aromatic carbocycles. The molecule has 2 N–H and O–H groups in total. The number of carbonyl (C=O) groups excluding carboxylic acids is 2. The Morgan fingerprint density at radius 2 is 1.62 bits per heavy atom. The van der Waals surface area contributed by atoms with E-state index in [1.807, 2.05) is 36.4 Å². The van der Waals surface area contributed by atoms with Crippen LogP contribution in [0.15, 0.2) is 66.7 Å². The molecule has 0 spiro atoms. The summed E-state index contributed by atoms with van der Waals surface area (Å²) >= 11 is 0. The van der Waals surface area contributed by atoms with E-state index in [2.05, 4.69) is 29.0 Å². The fourth-order valence-corrected chi connectivity index (χ4v) is 5.46. The number of nitrogens with zero attached hydrogens (tertiary/aromatic N) is 2. The number of hydrogen-bond acceptors (Lipinski definition) is 3. The van der Waals surface area contributed by atoms with Gasteiger partial charge in [-0.2, -0.15) is 0 Å². The lowest BCUT2D eigenvalue weighted by Crippen LogP contribution is -2.47. The van der Waals surface area contributed by atoms with Crippen LogP contribution in [0.3, 0.4) is 0 Å². The fraction of sp³-hybridized carbons (Fsp3) is 0.438. The Morgan fingerprint density at radius 3 is 2.28 bits per heavy atom. The largest absolute Gasteiger partial charge is 0.351 e. The number of H-pyrrole nitrogens is 1. The van der Waals surface area contributed by atoms with Gasteiger partial charge in [-0.15, -0.1) is 0 Å². The van der Waals surface area contributed by atoms with Crippen LogP contribution >= 0.6 is 0 Å². The molecular weight excluding hydrogens is 491 g/mol. The van der Waals surface area contributed by atoms with E-state index in [4.69, 9.17) is 0 Å². The van der Waals surface area contributed by atoms with Crippen molar-refractivity contribution in [3.63, 3.8) is 0 Å². The van der Waals surface area contributed by atoms with Gasteiger partial charge in [0.15, 0.2) is 0 Å². The molecule has 0 bridgehead atoms. The van der Waals surface area contributed by atoms with Crippen molar-refractivity contribution in [2.45, 2.75) is 64.5 Å². The zero-order valence-electron chi connectivity index (χ0n) is 23.2. The van der Waals surface area contributed by atoms with Crippen LogP contribution in [-0.2, 0) is 4.79 Å². The average Bonchev–Trinajstić information content (AvgIpc) is 3.47. The molecule has 4 rings (SSSR count). The Kier molecular flexibility index (Phi) is 10.3. The van der Waals surface area contributed by atoms with Gasteiger partial charge in [-0.3, -0.25) is 9.59 Å². The van der Waals surface area contributed by atoms with Crippen LogP contribution in [-0.4, -0.2) is 58.8 Å². The molecule has 0 aliphatic heterocycles. The zero-order chi connectivity index (χ0) is 27.6. The highest BCUT2D eigenvalue weighted by Crippen LogP contribution is 2.27. The Bertz CT molecular complexity index is 1180. The van der Waals surface area contributed by atoms with Gasteiger partial charge in [0.2, 0.25) is 5.91 Å². The molecule has 0 radical (unpaired) electrons. The third kappa shape index (κ3) is 7.57. The molecule has 0 unspecified atom stereocenters. The molecule has 2 amide bonds. The Balaban J connectivity index is 1.66. The van der Waals surface area contributed by atoms with Crippen molar-refractivity contribution in [1.29, 1.82) is 0 Å². The lowest BCUT2D eigenvalue weighted by atomic mass is 9.94. The molecule has 208 valence electrons. The maximum atomic E-state index is 14.1. The topological polar surface area (TPSA) is 68.4 Å². The molecule has 1 atom stereocenters. The first-order valence-electron chi connectivity index (χ1n) is 14.3. The lowest BCUT2D eigenvalue weighted by molar-refractivity contribution is -0.127. The summed E-state index contributed by atoms with van der Waals surface area (Å²) in [5.74, 6) is -0.828. The molecule has 1 fully saturated rings. The predicted molar refractivity (Wildman–Crippen MR) is 154 cm³/mol.